The second-order valence-electron chi connectivity index (χ2n) is 6.66. The maximum Gasteiger partial charge on any atom is 0.262 e. The Hall–Kier alpha value is -2.34. The maximum absolute atomic E-state index is 12.7. The molecule has 0 spiro atoms. The highest BCUT2D eigenvalue weighted by atomic mass is 32.2. The summed E-state index contributed by atoms with van der Waals surface area (Å²) < 4.78 is 28.1. The van der Waals surface area contributed by atoms with Crippen LogP contribution < -0.4 is 10.0 Å². The van der Waals surface area contributed by atoms with Crippen LogP contribution in [0.2, 0.25) is 0 Å². The van der Waals surface area contributed by atoms with Crippen molar-refractivity contribution in [2.24, 2.45) is 0 Å². The average molecular weight is 358 g/mol. The molecular weight excluding hydrogens is 336 g/mol. The Bertz CT molecular complexity index is 891. The van der Waals surface area contributed by atoms with Gasteiger partial charge in [0.05, 0.1) is 4.90 Å². The first-order valence-electron chi connectivity index (χ1n) is 8.28. The summed E-state index contributed by atoms with van der Waals surface area (Å²) in [6.45, 7) is 5.52. The molecule has 0 aliphatic heterocycles. The molecule has 6 heteroatoms. The molecule has 132 valence electrons. The van der Waals surface area contributed by atoms with Crippen LogP contribution in [0.15, 0.2) is 41.3 Å². The molecule has 0 atom stereocenters. The van der Waals surface area contributed by atoms with E-state index in [1.54, 1.807) is 38.1 Å². The third-order valence-electron chi connectivity index (χ3n) is 4.19. The molecule has 0 radical (unpaired) electrons. The van der Waals surface area contributed by atoms with Gasteiger partial charge in [-0.3, -0.25) is 9.52 Å². The molecule has 0 bridgehead atoms. The van der Waals surface area contributed by atoms with Crippen molar-refractivity contribution in [3.63, 3.8) is 0 Å². The third-order valence-corrected chi connectivity index (χ3v) is 5.87. The van der Waals surface area contributed by atoms with Gasteiger partial charge >= 0.3 is 0 Å². The zero-order valence-corrected chi connectivity index (χ0v) is 15.4. The molecule has 1 aliphatic rings. The molecule has 0 aromatic heterocycles. The van der Waals surface area contributed by atoms with Crippen molar-refractivity contribution >= 4 is 21.6 Å². The van der Waals surface area contributed by atoms with E-state index in [9.17, 15) is 13.2 Å². The lowest BCUT2D eigenvalue weighted by Gasteiger charge is -2.14. The van der Waals surface area contributed by atoms with E-state index >= 15 is 0 Å². The molecule has 2 aromatic carbocycles. The molecule has 5 nitrogen and oxygen atoms in total. The number of nitrogens with one attached hydrogen (secondary N) is 2. The average Bonchev–Trinajstić information content (AvgIpc) is 3.29. The van der Waals surface area contributed by atoms with Crippen LogP contribution in [0.5, 0.6) is 0 Å². The summed E-state index contributed by atoms with van der Waals surface area (Å²) in [6, 6.07) is 10.5. The first-order chi connectivity index (χ1) is 11.8. The van der Waals surface area contributed by atoms with Gasteiger partial charge in [0.15, 0.2) is 0 Å². The molecule has 25 heavy (non-hydrogen) atoms. The van der Waals surface area contributed by atoms with Gasteiger partial charge in [0.2, 0.25) is 0 Å². The Balaban J connectivity index is 1.80. The molecule has 2 N–H and O–H groups in total. The van der Waals surface area contributed by atoms with Gasteiger partial charge < -0.3 is 5.32 Å². The van der Waals surface area contributed by atoms with Gasteiger partial charge in [-0.15, -0.1) is 0 Å². The highest BCUT2D eigenvalue weighted by molar-refractivity contribution is 7.92. The van der Waals surface area contributed by atoms with Crippen LogP contribution in [-0.4, -0.2) is 20.4 Å². The van der Waals surface area contributed by atoms with Crippen molar-refractivity contribution in [2.75, 3.05) is 4.72 Å². The number of carbonyl (C=O) groups is 1. The minimum Gasteiger partial charge on any atom is -0.349 e. The predicted octanol–water partition coefficient (Wildman–Crippen LogP) is 3.30. The number of sulfonamides is 1. The molecule has 1 saturated carbocycles. The second-order valence-corrected chi connectivity index (χ2v) is 8.28. The molecule has 2 aromatic rings. The van der Waals surface area contributed by atoms with Crippen molar-refractivity contribution in [1.82, 2.24) is 5.32 Å². The minimum absolute atomic E-state index is 0.123. The summed E-state index contributed by atoms with van der Waals surface area (Å²) >= 11 is 0. The van der Waals surface area contributed by atoms with Crippen LogP contribution in [0.3, 0.4) is 0 Å². The Morgan fingerprint density at radius 1 is 1.00 bits per heavy atom. The first-order valence-corrected chi connectivity index (χ1v) is 9.76. The minimum atomic E-state index is -3.68. The van der Waals surface area contributed by atoms with Gasteiger partial charge in [-0.2, -0.15) is 0 Å². The molecule has 1 fully saturated rings. The van der Waals surface area contributed by atoms with Crippen LogP contribution in [-0.2, 0) is 10.0 Å². The number of hydrogen-bond acceptors (Lipinski definition) is 3. The zero-order chi connectivity index (χ0) is 18.2. The predicted molar refractivity (Wildman–Crippen MR) is 98.4 cm³/mol. The summed E-state index contributed by atoms with van der Waals surface area (Å²) in [5.74, 6) is -0.123. The van der Waals surface area contributed by atoms with E-state index in [0.29, 0.717) is 27.3 Å². The Kier molecular flexibility index (Phi) is 4.56. The topological polar surface area (TPSA) is 75.3 Å². The van der Waals surface area contributed by atoms with Gasteiger partial charge in [-0.1, -0.05) is 17.7 Å². The summed E-state index contributed by atoms with van der Waals surface area (Å²) in [4.78, 5) is 12.3. The van der Waals surface area contributed by atoms with Gasteiger partial charge in [-0.05, 0) is 69.0 Å². The molecule has 1 amide bonds. The molecule has 0 saturated heterocycles. The molecule has 1 aliphatic carbocycles. The van der Waals surface area contributed by atoms with Gasteiger partial charge in [-0.25, -0.2) is 8.42 Å². The number of carbonyl (C=O) groups excluding carboxylic acids is 1. The number of hydrogen-bond donors (Lipinski definition) is 2. The Morgan fingerprint density at radius 3 is 2.08 bits per heavy atom. The van der Waals surface area contributed by atoms with Crippen molar-refractivity contribution in [1.29, 1.82) is 0 Å². The maximum atomic E-state index is 12.7. The van der Waals surface area contributed by atoms with Crippen molar-refractivity contribution < 1.29 is 13.2 Å². The highest BCUT2D eigenvalue weighted by Gasteiger charge is 2.24. The van der Waals surface area contributed by atoms with E-state index in [4.69, 9.17) is 0 Å². The highest BCUT2D eigenvalue weighted by Crippen LogP contribution is 2.25. The van der Waals surface area contributed by atoms with Crippen LogP contribution >= 0.6 is 0 Å². The third kappa shape index (κ3) is 4.02. The van der Waals surface area contributed by atoms with Gasteiger partial charge in [0.25, 0.3) is 15.9 Å². The van der Waals surface area contributed by atoms with Gasteiger partial charge in [0.1, 0.15) is 0 Å². The molecule has 3 rings (SSSR count). The van der Waals surface area contributed by atoms with Crippen molar-refractivity contribution in [3.8, 4) is 0 Å². The van der Waals surface area contributed by atoms with Crippen LogP contribution in [0.4, 0.5) is 5.69 Å². The van der Waals surface area contributed by atoms with Crippen LogP contribution in [0.1, 0.15) is 39.9 Å². The SMILES string of the molecule is Cc1cc(C)c(S(=O)(=O)Nc2ccc(C(=O)NC3CC3)cc2)c(C)c1. The van der Waals surface area contributed by atoms with Crippen LogP contribution in [0.25, 0.3) is 0 Å². The number of rotatable bonds is 5. The number of amides is 1. The fourth-order valence-electron chi connectivity index (χ4n) is 2.98. The first kappa shape index (κ1) is 17.5. The monoisotopic (exact) mass is 358 g/mol. The number of benzene rings is 2. The van der Waals surface area contributed by atoms with E-state index in [-0.39, 0.29) is 11.9 Å². The summed E-state index contributed by atoms with van der Waals surface area (Å²) in [6.07, 6.45) is 2.05. The fourth-order valence-corrected chi connectivity index (χ4v) is 4.50. The van der Waals surface area contributed by atoms with Crippen molar-refractivity contribution in [2.45, 2.75) is 44.6 Å². The summed E-state index contributed by atoms with van der Waals surface area (Å²) in [5, 5.41) is 2.91. The summed E-state index contributed by atoms with van der Waals surface area (Å²) in [5.41, 5.74) is 3.41. The normalized spacial score (nSPS) is 14.2. The summed E-state index contributed by atoms with van der Waals surface area (Å²) in [7, 11) is -3.68. The number of aryl methyl sites for hydroxylation is 3. The van der Waals surface area contributed by atoms with E-state index in [0.717, 1.165) is 18.4 Å². The van der Waals surface area contributed by atoms with Crippen molar-refractivity contribution in [3.05, 3.63) is 58.7 Å². The van der Waals surface area contributed by atoms with E-state index in [1.807, 2.05) is 19.1 Å². The van der Waals surface area contributed by atoms with E-state index in [1.165, 1.54) is 0 Å². The van der Waals surface area contributed by atoms with E-state index in [2.05, 4.69) is 10.0 Å². The largest absolute Gasteiger partial charge is 0.349 e. The van der Waals surface area contributed by atoms with Gasteiger partial charge in [0, 0.05) is 17.3 Å². The second kappa shape index (κ2) is 6.52. The molecule has 0 heterocycles. The molecular formula is C19H22N2O3S. The van der Waals surface area contributed by atoms with E-state index < -0.39 is 10.0 Å². The quantitative estimate of drug-likeness (QED) is 0.861. The fraction of sp³-hybridized carbons (Fsp3) is 0.316. The number of anilines is 1. The zero-order valence-electron chi connectivity index (χ0n) is 14.6. The Labute approximate surface area is 148 Å². The molecule has 0 unspecified atom stereocenters. The van der Waals surface area contributed by atoms with Crippen LogP contribution in [0, 0.1) is 20.8 Å². The lowest BCUT2D eigenvalue weighted by Crippen LogP contribution is -2.25. The Morgan fingerprint density at radius 2 is 1.56 bits per heavy atom. The lowest BCUT2D eigenvalue weighted by molar-refractivity contribution is 0.0951. The lowest BCUT2D eigenvalue weighted by atomic mass is 10.1. The standard InChI is InChI=1S/C19H22N2O3S/c1-12-10-13(2)18(14(3)11-12)25(23,24)21-17-6-4-15(5-7-17)19(22)20-16-8-9-16/h4-7,10-11,16,21H,8-9H2,1-3H3,(H,20,22). The smallest absolute Gasteiger partial charge is 0.262 e.